The zero-order valence-electron chi connectivity index (χ0n) is 12.8. The molecule has 0 fully saturated rings. The maximum Gasteiger partial charge on any atom is 0.512 e. The molecule has 0 aromatic carbocycles. The predicted molar refractivity (Wildman–Crippen MR) is 78.9 cm³/mol. The van der Waals surface area contributed by atoms with Crippen LogP contribution in [0.3, 0.4) is 0 Å². The number of ether oxygens (including phenoxy) is 3. The SMILES string of the molecule is O=C(O)OC1=CC(OC(=O)O)NC2=C1c1[nH]c(OC(=O)O)cc1C(=O)C2=O. The number of rotatable bonds is 3. The van der Waals surface area contributed by atoms with E-state index in [1.807, 2.05) is 0 Å². The van der Waals surface area contributed by atoms with Crippen molar-refractivity contribution in [2.24, 2.45) is 0 Å². The molecule has 1 aliphatic heterocycles. The fourth-order valence-electron chi connectivity index (χ4n) is 2.57. The molecule has 27 heavy (non-hydrogen) atoms. The van der Waals surface area contributed by atoms with E-state index in [9.17, 15) is 24.0 Å². The fraction of sp³-hybridized carbons (Fsp3) is 0.0714. The lowest BCUT2D eigenvalue weighted by atomic mass is 9.89. The Morgan fingerprint density at radius 2 is 1.63 bits per heavy atom. The Hall–Kier alpha value is -4.29. The zero-order chi connectivity index (χ0) is 19.9. The summed E-state index contributed by atoms with van der Waals surface area (Å²) in [6, 6.07) is 0.950. The van der Waals surface area contributed by atoms with E-state index in [1.165, 1.54) is 0 Å². The molecular weight excluding hydrogens is 372 g/mol. The number of hydrogen-bond donors (Lipinski definition) is 5. The van der Waals surface area contributed by atoms with Gasteiger partial charge in [0.05, 0.1) is 16.8 Å². The van der Waals surface area contributed by atoms with E-state index in [-0.39, 0.29) is 16.8 Å². The van der Waals surface area contributed by atoms with Crippen LogP contribution in [0.1, 0.15) is 16.1 Å². The number of carbonyl (C=O) groups excluding carboxylic acids is 2. The number of carboxylic acid groups (broad SMARTS) is 3. The molecule has 140 valence electrons. The van der Waals surface area contributed by atoms with E-state index < -0.39 is 53.6 Å². The number of hydrogen-bond acceptors (Lipinski definition) is 9. The molecule has 1 aliphatic carbocycles. The third kappa shape index (κ3) is 3.15. The minimum Gasteiger partial charge on any atom is -0.450 e. The number of H-pyrrole nitrogens is 1. The molecule has 3 rings (SSSR count). The van der Waals surface area contributed by atoms with Gasteiger partial charge in [0.25, 0.3) is 0 Å². The van der Waals surface area contributed by atoms with E-state index >= 15 is 0 Å². The lowest BCUT2D eigenvalue weighted by Crippen LogP contribution is -2.42. The molecule has 0 radical (unpaired) electrons. The van der Waals surface area contributed by atoms with E-state index in [0.717, 1.165) is 12.1 Å². The second-order valence-corrected chi connectivity index (χ2v) is 5.05. The molecule has 0 saturated heterocycles. The van der Waals surface area contributed by atoms with E-state index in [4.69, 9.17) is 15.3 Å². The van der Waals surface area contributed by atoms with Gasteiger partial charge in [0, 0.05) is 12.1 Å². The van der Waals surface area contributed by atoms with Gasteiger partial charge in [-0.05, 0) is 0 Å². The average molecular weight is 380 g/mol. The van der Waals surface area contributed by atoms with Crippen molar-refractivity contribution in [2.45, 2.75) is 6.23 Å². The second-order valence-electron chi connectivity index (χ2n) is 5.05. The summed E-state index contributed by atoms with van der Waals surface area (Å²) in [5.41, 5.74) is -1.15. The number of allylic oxidation sites excluding steroid dienone is 2. The molecule has 1 aromatic heterocycles. The smallest absolute Gasteiger partial charge is 0.450 e. The van der Waals surface area contributed by atoms with Crippen LogP contribution in [0.2, 0.25) is 0 Å². The van der Waals surface area contributed by atoms with Gasteiger partial charge < -0.3 is 39.8 Å². The first-order chi connectivity index (χ1) is 12.7. The molecule has 1 aromatic rings. The first-order valence-corrected chi connectivity index (χ1v) is 6.94. The lowest BCUT2D eigenvalue weighted by molar-refractivity contribution is -0.112. The first kappa shape index (κ1) is 17.5. The van der Waals surface area contributed by atoms with Gasteiger partial charge in [-0.1, -0.05) is 0 Å². The van der Waals surface area contributed by atoms with Crippen LogP contribution in [0.25, 0.3) is 5.57 Å². The van der Waals surface area contributed by atoms with Crippen molar-refractivity contribution < 1.29 is 53.5 Å². The number of nitrogens with one attached hydrogen (secondary N) is 2. The monoisotopic (exact) mass is 380 g/mol. The Morgan fingerprint density at radius 1 is 0.963 bits per heavy atom. The highest BCUT2D eigenvalue weighted by atomic mass is 16.7. The Balaban J connectivity index is 2.14. The van der Waals surface area contributed by atoms with Crippen molar-refractivity contribution in [3.8, 4) is 5.88 Å². The molecule has 0 spiro atoms. The van der Waals surface area contributed by atoms with Crippen LogP contribution in [0, 0.1) is 0 Å². The van der Waals surface area contributed by atoms with Crippen molar-refractivity contribution in [3.05, 3.63) is 34.9 Å². The van der Waals surface area contributed by atoms with E-state index in [0.29, 0.717) is 0 Å². The van der Waals surface area contributed by atoms with Crippen molar-refractivity contribution in [3.63, 3.8) is 0 Å². The third-order valence-corrected chi connectivity index (χ3v) is 3.43. The van der Waals surface area contributed by atoms with Crippen LogP contribution in [-0.2, 0) is 14.3 Å². The zero-order valence-corrected chi connectivity index (χ0v) is 12.8. The van der Waals surface area contributed by atoms with Gasteiger partial charge in [-0.15, -0.1) is 0 Å². The molecule has 2 aliphatic rings. The average Bonchev–Trinajstić information content (AvgIpc) is 2.93. The van der Waals surface area contributed by atoms with Crippen LogP contribution in [-0.4, -0.2) is 56.6 Å². The molecule has 1 unspecified atom stereocenters. The van der Waals surface area contributed by atoms with Gasteiger partial charge in [0.1, 0.15) is 11.5 Å². The standard InChI is InChI=1S/C14H8N2O11/c17-10-3-1-5(26-13(21)22)15-8(3)7-4(25-12(19)20)2-6(27-14(23)24)16-9(7)11(10)18/h1-2,6,15-16H,(H,19,20)(H,21,22)(H,23,24). The summed E-state index contributed by atoms with van der Waals surface area (Å²) >= 11 is 0. The van der Waals surface area contributed by atoms with Crippen molar-refractivity contribution in [1.29, 1.82) is 0 Å². The number of ketones is 2. The lowest BCUT2D eigenvalue weighted by Gasteiger charge is -2.28. The Bertz CT molecular complexity index is 968. The maximum atomic E-state index is 12.3. The van der Waals surface area contributed by atoms with Gasteiger partial charge in [0.15, 0.2) is 6.23 Å². The molecule has 13 heteroatoms. The summed E-state index contributed by atoms with van der Waals surface area (Å²) in [6.07, 6.45) is -5.83. The molecule has 2 heterocycles. The van der Waals surface area contributed by atoms with Crippen molar-refractivity contribution in [2.75, 3.05) is 0 Å². The first-order valence-electron chi connectivity index (χ1n) is 6.94. The second kappa shape index (κ2) is 6.21. The molecule has 5 N–H and O–H groups in total. The Morgan fingerprint density at radius 3 is 2.22 bits per heavy atom. The number of dihydropyridines is 1. The normalized spacial score (nSPS) is 17.9. The summed E-state index contributed by atoms with van der Waals surface area (Å²) < 4.78 is 13.4. The van der Waals surface area contributed by atoms with Crippen LogP contribution < -0.4 is 10.1 Å². The highest BCUT2D eigenvalue weighted by Gasteiger charge is 2.41. The van der Waals surface area contributed by atoms with E-state index in [1.54, 1.807) is 0 Å². The Kier molecular flexibility index (Phi) is 4.03. The number of aromatic amines is 1. The van der Waals surface area contributed by atoms with Crippen LogP contribution in [0.4, 0.5) is 14.4 Å². The van der Waals surface area contributed by atoms with Gasteiger partial charge in [-0.3, -0.25) is 9.59 Å². The summed E-state index contributed by atoms with van der Waals surface area (Å²) in [5.74, 6) is -3.12. The summed E-state index contributed by atoms with van der Waals surface area (Å²) in [6.45, 7) is 0. The summed E-state index contributed by atoms with van der Waals surface area (Å²) in [4.78, 5) is 59.3. The van der Waals surface area contributed by atoms with Gasteiger partial charge in [0.2, 0.25) is 17.4 Å². The maximum absolute atomic E-state index is 12.3. The molecule has 1 atom stereocenters. The Labute approximate surface area is 147 Å². The minimum absolute atomic E-state index is 0.153. The quantitative estimate of drug-likeness (QED) is 0.364. The predicted octanol–water partition coefficient (Wildman–Crippen LogP) is 0.750. The number of Topliss-reactive ketones (excluding diaryl/α,β-unsaturated/α-hetero) is 2. The van der Waals surface area contributed by atoms with Gasteiger partial charge in [-0.25, -0.2) is 14.4 Å². The van der Waals surface area contributed by atoms with Gasteiger partial charge >= 0.3 is 18.5 Å². The number of carbonyl (C=O) groups is 5. The topological polar surface area (TPSA) is 202 Å². The summed E-state index contributed by atoms with van der Waals surface area (Å²) in [7, 11) is 0. The molecule has 0 bridgehead atoms. The van der Waals surface area contributed by atoms with E-state index in [2.05, 4.69) is 24.5 Å². The minimum atomic E-state index is -1.79. The van der Waals surface area contributed by atoms with Crippen LogP contribution >= 0.6 is 0 Å². The van der Waals surface area contributed by atoms with Gasteiger partial charge in [-0.2, -0.15) is 0 Å². The van der Waals surface area contributed by atoms with Crippen LogP contribution in [0.5, 0.6) is 5.88 Å². The van der Waals surface area contributed by atoms with Crippen molar-refractivity contribution in [1.82, 2.24) is 10.3 Å². The fourth-order valence-corrected chi connectivity index (χ4v) is 2.57. The summed E-state index contributed by atoms with van der Waals surface area (Å²) in [5, 5.41) is 28.6. The molecule has 0 amide bonds. The highest BCUT2D eigenvalue weighted by Crippen LogP contribution is 2.38. The molecular formula is C14H8N2O11. The highest BCUT2D eigenvalue weighted by molar-refractivity contribution is 6.52. The number of fused-ring (bicyclic) bond motifs is 2. The molecule has 13 nitrogen and oxygen atoms in total. The largest absolute Gasteiger partial charge is 0.512 e. The number of aromatic nitrogens is 1. The molecule has 0 saturated carbocycles. The van der Waals surface area contributed by atoms with Crippen molar-refractivity contribution >= 4 is 35.6 Å². The van der Waals surface area contributed by atoms with Crippen LogP contribution in [0.15, 0.2) is 23.6 Å². The third-order valence-electron chi connectivity index (χ3n) is 3.43.